The Balaban J connectivity index is 2.86. The average molecular weight is 297 g/mol. The molecule has 0 atom stereocenters. The van der Waals surface area contributed by atoms with E-state index in [1.165, 1.54) is 4.90 Å². The Kier molecular flexibility index (Phi) is 5.92. The number of nitrogens with zero attached hydrogens (tertiary/aromatic N) is 3. The standard InChI is InChI=1S/C15H27N3O3/c1-11(2)7-18-12(3)13(6-16-18)14(21)17(5)8-15(4,9-19)10-20/h6,11,19-20H,7-10H2,1-5H3. The lowest BCUT2D eigenvalue weighted by Crippen LogP contribution is -2.41. The third-order valence-corrected chi connectivity index (χ3v) is 3.60. The molecular formula is C15H27N3O3. The van der Waals surface area contributed by atoms with Crippen molar-refractivity contribution in [3.05, 3.63) is 17.5 Å². The van der Waals surface area contributed by atoms with E-state index in [1.807, 2.05) is 11.6 Å². The second-order valence-electron chi connectivity index (χ2n) is 6.51. The highest BCUT2D eigenvalue weighted by atomic mass is 16.3. The average Bonchev–Trinajstić information content (AvgIpc) is 2.78. The van der Waals surface area contributed by atoms with Crippen LogP contribution in [0.2, 0.25) is 0 Å². The summed E-state index contributed by atoms with van der Waals surface area (Å²) in [5.41, 5.74) is 0.707. The Hall–Kier alpha value is -1.40. The molecule has 0 unspecified atom stereocenters. The molecule has 0 bridgehead atoms. The maximum absolute atomic E-state index is 12.5. The minimum atomic E-state index is -0.702. The summed E-state index contributed by atoms with van der Waals surface area (Å²) in [6.07, 6.45) is 1.59. The van der Waals surface area contributed by atoms with Gasteiger partial charge in [-0.05, 0) is 12.8 Å². The Morgan fingerprint density at radius 1 is 1.43 bits per heavy atom. The third kappa shape index (κ3) is 4.28. The van der Waals surface area contributed by atoms with E-state index in [-0.39, 0.29) is 25.7 Å². The number of hydrogen-bond acceptors (Lipinski definition) is 4. The van der Waals surface area contributed by atoms with Gasteiger partial charge in [-0.1, -0.05) is 20.8 Å². The zero-order valence-corrected chi connectivity index (χ0v) is 13.6. The van der Waals surface area contributed by atoms with Gasteiger partial charge in [-0.15, -0.1) is 0 Å². The van der Waals surface area contributed by atoms with Crippen molar-refractivity contribution in [3.63, 3.8) is 0 Å². The van der Waals surface area contributed by atoms with E-state index in [2.05, 4.69) is 18.9 Å². The van der Waals surface area contributed by atoms with Crippen LogP contribution in [0.1, 0.15) is 36.8 Å². The van der Waals surface area contributed by atoms with Crippen molar-refractivity contribution in [2.45, 2.75) is 34.2 Å². The molecule has 0 fully saturated rings. The van der Waals surface area contributed by atoms with Gasteiger partial charge in [0, 0.05) is 31.2 Å². The fourth-order valence-corrected chi connectivity index (χ4v) is 2.19. The van der Waals surface area contributed by atoms with Gasteiger partial charge in [0.2, 0.25) is 0 Å². The van der Waals surface area contributed by atoms with E-state index in [4.69, 9.17) is 0 Å². The lowest BCUT2D eigenvalue weighted by atomic mass is 9.92. The zero-order valence-electron chi connectivity index (χ0n) is 13.6. The van der Waals surface area contributed by atoms with Crippen molar-refractivity contribution >= 4 is 5.91 Å². The van der Waals surface area contributed by atoms with Gasteiger partial charge in [0.05, 0.1) is 25.0 Å². The molecule has 0 radical (unpaired) electrons. The number of aliphatic hydroxyl groups excluding tert-OH is 2. The Bertz CT molecular complexity index is 479. The van der Waals surface area contributed by atoms with Crippen LogP contribution in [0.3, 0.4) is 0 Å². The van der Waals surface area contributed by atoms with Crippen LogP contribution in [0, 0.1) is 18.3 Å². The van der Waals surface area contributed by atoms with Gasteiger partial charge in [0.1, 0.15) is 0 Å². The summed E-state index contributed by atoms with van der Waals surface area (Å²) in [6, 6.07) is 0. The maximum Gasteiger partial charge on any atom is 0.257 e. The molecule has 0 spiro atoms. The Morgan fingerprint density at radius 2 is 2.00 bits per heavy atom. The van der Waals surface area contributed by atoms with Crippen molar-refractivity contribution in [2.75, 3.05) is 26.8 Å². The van der Waals surface area contributed by atoms with Gasteiger partial charge < -0.3 is 15.1 Å². The molecule has 1 rings (SSSR count). The highest BCUT2D eigenvalue weighted by molar-refractivity contribution is 5.94. The predicted octanol–water partition coefficient (Wildman–Crippen LogP) is 0.910. The zero-order chi connectivity index (χ0) is 16.2. The monoisotopic (exact) mass is 297 g/mol. The lowest BCUT2D eigenvalue weighted by molar-refractivity contribution is 0.0366. The van der Waals surface area contributed by atoms with Crippen LogP contribution in [-0.2, 0) is 6.54 Å². The lowest BCUT2D eigenvalue weighted by Gasteiger charge is -2.30. The number of amides is 1. The van der Waals surface area contributed by atoms with E-state index in [0.717, 1.165) is 12.2 Å². The summed E-state index contributed by atoms with van der Waals surface area (Å²) >= 11 is 0. The highest BCUT2D eigenvalue weighted by Crippen LogP contribution is 2.18. The summed E-state index contributed by atoms with van der Waals surface area (Å²) in [5, 5.41) is 22.9. The molecule has 0 aliphatic rings. The summed E-state index contributed by atoms with van der Waals surface area (Å²) in [6.45, 7) is 8.53. The van der Waals surface area contributed by atoms with Gasteiger partial charge >= 0.3 is 0 Å². The van der Waals surface area contributed by atoms with Crippen LogP contribution < -0.4 is 0 Å². The maximum atomic E-state index is 12.5. The largest absolute Gasteiger partial charge is 0.396 e. The van der Waals surface area contributed by atoms with Gasteiger partial charge in [-0.2, -0.15) is 5.10 Å². The fraction of sp³-hybridized carbons (Fsp3) is 0.733. The van der Waals surface area contributed by atoms with Crippen molar-refractivity contribution in [1.82, 2.24) is 14.7 Å². The van der Waals surface area contributed by atoms with Crippen molar-refractivity contribution in [3.8, 4) is 0 Å². The Labute approximate surface area is 126 Å². The molecule has 0 aliphatic heterocycles. The molecule has 1 aromatic heterocycles. The number of carbonyl (C=O) groups excluding carboxylic acids is 1. The molecule has 0 aromatic carbocycles. The van der Waals surface area contributed by atoms with Crippen LogP contribution in [0.4, 0.5) is 0 Å². The molecule has 2 N–H and O–H groups in total. The van der Waals surface area contributed by atoms with Crippen LogP contribution in [-0.4, -0.2) is 57.6 Å². The first-order chi connectivity index (χ1) is 9.74. The number of aliphatic hydroxyl groups is 2. The van der Waals surface area contributed by atoms with Crippen LogP contribution in [0.15, 0.2) is 6.20 Å². The molecule has 0 saturated carbocycles. The molecule has 6 nitrogen and oxygen atoms in total. The molecule has 21 heavy (non-hydrogen) atoms. The highest BCUT2D eigenvalue weighted by Gasteiger charge is 2.28. The van der Waals surface area contributed by atoms with Crippen LogP contribution >= 0.6 is 0 Å². The van der Waals surface area contributed by atoms with Crippen LogP contribution in [0.5, 0.6) is 0 Å². The summed E-state index contributed by atoms with van der Waals surface area (Å²) < 4.78 is 1.84. The molecule has 1 heterocycles. The van der Waals surface area contributed by atoms with Gasteiger partial charge in [0.15, 0.2) is 0 Å². The molecule has 0 saturated heterocycles. The summed E-state index contributed by atoms with van der Waals surface area (Å²) in [7, 11) is 1.67. The van der Waals surface area contributed by atoms with E-state index in [1.54, 1.807) is 20.2 Å². The number of hydrogen-bond donors (Lipinski definition) is 2. The summed E-state index contributed by atoms with van der Waals surface area (Å²) in [5.74, 6) is 0.312. The Morgan fingerprint density at radius 3 is 2.48 bits per heavy atom. The number of carbonyl (C=O) groups is 1. The first-order valence-corrected chi connectivity index (χ1v) is 7.23. The van der Waals surface area contributed by atoms with Crippen molar-refractivity contribution < 1.29 is 15.0 Å². The molecular weight excluding hydrogens is 270 g/mol. The van der Waals surface area contributed by atoms with Gasteiger partial charge in [-0.3, -0.25) is 9.48 Å². The van der Waals surface area contributed by atoms with E-state index < -0.39 is 5.41 Å². The second kappa shape index (κ2) is 7.04. The SMILES string of the molecule is Cc1c(C(=O)N(C)CC(C)(CO)CO)cnn1CC(C)C. The topological polar surface area (TPSA) is 78.6 Å². The smallest absolute Gasteiger partial charge is 0.257 e. The van der Waals surface area contributed by atoms with Gasteiger partial charge in [0.25, 0.3) is 5.91 Å². The second-order valence-corrected chi connectivity index (χ2v) is 6.51. The van der Waals surface area contributed by atoms with Crippen molar-refractivity contribution in [2.24, 2.45) is 11.3 Å². The molecule has 0 aliphatic carbocycles. The van der Waals surface area contributed by atoms with E-state index >= 15 is 0 Å². The van der Waals surface area contributed by atoms with E-state index in [9.17, 15) is 15.0 Å². The molecule has 1 aromatic rings. The summed E-state index contributed by atoms with van der Waals surface area (Å²) in [4.78, 5) is 14.0. The number of aromatic nitrogens is 2. The fourth-order valence-electron chi connectivity index (χ4n) is 2.19. The van der Waals surface area contributed by atoms with Gasteiger partial charge in [-0.25, -0.2) is 0 Å². The molecule has 6 heteroatoms. The molecule has 1 amide bonds. The van der Waals surface area contributed by atoms with Crippen molar-refractivity contribution in [1.29, 1.82) is 0 Å². The number of rotatable bonds is 7. The first-order valence-electron chi connectivity index (χ1n) is 7.23. The van der Waals surface area contributed by atoms with E-state index in [0.29, 0.717) is 11.5 Å². The van der Waals surface area contributed by atoms with Crippen LogP contribution in [0.25, 0.3) is 0 Å². The molecule has 120 valence electrons. The normalized spacial score (nSPS) is 12.0. The third-order valence-electron chi connectivity index (χ3n) is 3.60. The minimum absolute atomic E-state index is 0.143. The predicted molar refractivity (Wildman–Crippen MR) is 81.0 cm³/mol. The first kappa shape index (κ1) is 17.7. The quantitative estimate of drug-likeness (QED) is 0.784. The minimum Gasteiger partial charge on any atom is -0.396 e.